The second-order valence-electron chi connectivity index (χ2n) is 6.15. The first-order chi connectivity index (χ1) is 11.5. The Morgan fingerprint density at radius 1 is 0.958 bits per heavy atom. The fourth-order valence-corrected chi connectivity index (χ4v) is 4.90. The van der Waals surface area contributed by atoms with E-state index in [4.69, 9.17) is 46.4 Å². The van der Waals surface area contributed by atoms with Crippen LogP contribution >= 0.6 is 46.4 Å². The third kappa shape index (κ3) is 2.57. The molecule has 0 fully saturated rings. The molecule has 0 amide bonds. The van der Waals surface area contributed by atoms with Crippen molar-refractivity contribution < 1.29 is 5.11 Å². The van der Waals surface area contributed by atoms with Crippen molar-refractivity contribution in [3.63, 3.8) is 0 Å². The van der Waals surface area contributed by atoms with Gasteiger partial charge in [-0.25, -0.2) is 0 Å². The lowest BCUT2D eigenvalue weighted by atomic mass is 9.77. The molecule has 2 aromatic carbocycles. The second kappa shape index (κ2) is 6.03. The van der Waals surface area contributed by atoms with Gasteiger partial charge >= 0.3 is 0 Å². The van der Waals surface area contributed by atoms with Gasteiger partial charge in [-0.3, -0.25) is 0 Å². The Kier molecular flexibility index (Phi) is 4.12. The van der Waals surface area contributed by atoms with Gasteiger partial charge in [0.25, 0.3) is 0 Å². The Balaban J connectivity index is 1.88. The number of nitrogens with one attached hydrogen (secondary N) is 1. The molecule has 1 aliphatic carbocycles. The van der Waals surface area contributed by atoms with Gasteiger partial charge in [0.2, 0.25) is 0 Å². The van der Waals surface area contributed by atoms with Crippen molar-refractivity contribution in [3.8, 4) is 5.75 Å². The van der Waals surface area contributed by atoms with Gasteiger partial charge in [-0.1, -0.05) is 58.6 Å². The largest absolute Gasteiger partial charge is 0.506 e. The Morgan fingerprint density at radius 3 is 2.46 bits per heavy atom. The summed E-state index contributed by atoms with van der Waals surface area (Å²) in [5.41, 5.74) is 2.61. The van der Waals surface area contributed by atoms with Crippen molar-refractivity contribution in [1.82, 2.24) is 0 Å². The van der Waals surface area contributed by atoms with E-state index < -0.39 is 0 Å². The number of fused-ring (bicyclic) bond motifs is 3. The summed E-state index contributed by atoms with van der Waals surface area (Å²) < 4.78 is 0. The lowest BCUT2D eigenvalue weighted by Crippen LogP contribution is -2.29. The predicted molar refractivity (Wildman–Crippen MR) is 101 cm³/mol. The first-order valence-corrected chi connectivity index (χ1v) is 9.07. The number of benzene rings is 2. The van der Waals surface area contributed by atoms with Crippen LogP contribution in [0, 0.1) is 5.92 Å². The van der Waals surface area contributed by atoms with E-state index in [0.717, 1.165) is 17.7 Å². The third-order valence-corrected chi connectivity index (χ3v) is 5.81. The van der Waals surface area contributed by atoms with E-state index in [1.807, 2.05) is 6.07 Å². The highest BCUT2D eigenvalue weighted by Crippen LogP contribution is 2.54. The number of phenolic OH excluding ortho intramolecular Hbond substituents is 1. The number of halogens is 4. The van der Waals surface area contributed by atoms with Crippen LogP contribution in [0.5, 0.6) is 5.75 Å². The van der Waals surface area contributed by atoms with Crippen molar-refractivity contribution in [3.05, 3.63) is 67.6 Å². The maximum absolute atomic E-state index is 10.4. The monoisotopic (exact) mass is 399 g/mol. The molecule has 1 aliphatic heterocycles. The summed E-state index contributed by atoms with van der Waals surface area (Å²) in [6.45, 7) is 0. The molecule has 6 heteroatoms. The van der Waals surface area contributed by atoms with Gasteiger partial charge in [0.05, 0.1) is 11.1 Å². The van der Waals surface area contributed by atoms with Gasteiger partial charge < -0.3 is 10.4 Å². The van der Waals surface area contributed by atoms with E-state index in [9.17, 15) is 5.11 Å². The molecule has 0 bridgehead atoms. The first kappa shape index (κ1) is 16.4. The first-order valence-electron chi connectivity index (χ1n) is 7.55. The minimum absolute atomic E-state index is 0.0563. The van der Waals surface area contributed by atoms with Crippen molar-refractivity contribution >= 4 is 52.1 Å². The van der Waals surface area contributed by atoms with Crippen LogP contribution in [0.25, 0.3) is 0 Å². The lowest BCUT2D eigenvalue weighted by Gasteiger charge is -2.38. The number of phenols is 1. The van der Waals surface area contributed by atoms with Crippen molar-refractivity contribution in [1.29, 1.82) is 0 Å². The molecule has 1 heterocycles. The highest BCUT2D eigenvalue weighted by molar-refractivity contribution is 6.36. The molecule has 0 saturated heterocycles. The molecular formula is C18H13Cl4NO. The van der Waals surface area contributed by atoms with Gasteiger partial charge in [0.1, 0.15) is 5.75 Å². The van der Waals surface area contributed by atoms with Crippen LogP contribution in [0.1, 0.15) is 29.5 Å². The Hall–Kier alpha value is -1.06. The normalized spacial score (nSPS) is 24.4. The fraction of sp³-hybridized carbons (Fsp3) is 0.222. The molecule has 4 rings (SSSR count). The molecule has 0 aromatic heterocycles. The van der Waals surface area contributed by atoms with E-state index in [2.05, 4.69) is 17.5 Å². The average molecular weight is 401 g/mol. The summed E-state index contributed by atoms with van der Waals surface area (Å²) in [6.07, 6.45) is 5.19. The number of aromatic hydroxyl groups is 1. The summed E-state index contributed by atoms with van der Waals surface area (Å²) in [7, 11) is 0. The highest BCUT2D eigenvalue weighted by Gasteiger charge is 2.40. The Labute approximate surface area is 160 Å². The highest BCUT2D eigenvalue weighted by atomic mass is 35.5. The lowest BCUT2D eigenvalue weighted by molar-refractivity contribution is 0.402. The molecule has 2 N–H and O–H groups in total. The van der Waals surface area contributed by atoms with E-state index in [1.165, 1.54) is 6.07 Å². The maximum atomic E-state index is 10.4. The molecule has 3 atom stereocenters. The Morgan fingerprint density at radius 2 is 1.67 bits per heavy atom. The van der Waals surface area contributed by atoms with E-state index in [-0.39, 0.29) is 28.6 Å². The van der Waals surface area contributed by atoms with E-state index in [0.29, 0.717) is 20.6 Å². The molecule has 124 valence electrons. The minimum atomic E-state index is -0.136. The molecule has 0 radical (unpaired) electrons. The van der Waals surface area contributed by atoms with E-state index in [1.54, 1.807) is 12.1 Å². The van der Waals surface area contributed by atoms with Crippen LogP contribution in [0.4, 0.5) is 5.69 Å². The predicted octanol–water partition coefficient (Wildman–Crippen LogP) is 6.83. The van der Waals surface area contributed by atoms with Gasteiger partial charge in [-0.2, -0.15) is 0 Å². The van der Waals surface area contributed by atoms with Crippen LogP contribution in [0.3, 0.4) is 0 Å². The molecule has 2 aliphatic rings. The number of allylic oxidation sites excluding steroid dienone is 2. The summed E-state index contributed by atoms with van der Waals surface area (Å²) in [6, 6.07) is 6.79. The topological polar surface area (TPSA) is 32.3 Å². The van der Waals surface area contributed by atoms with Crippen molar-refractivity contribution in [2.45, 2.75) is 18.4 Å². The molecule has 2 nitrogen and oxygen atoms in total. The quantitative estimate of drug-likeness (QED) is 0.514. The fourth-order valence-electron chi connectivity index (χ4n) is 3.77. The number of rotatable bonds is 1. The van der Waals surface area contributed by atoms with Gasteiger partial charge in [-0.15, -0.1) is 0 Å². The average Bonchev–Trinajstić information content (AvgIpc) is 2.98. The molecule has 0 spiro atoms. The zero-order valence-corrected chi connectivity index (χ0v) is 15.4. The molecule has 0 saturated carbocycles. The Bertz CT molecular complexity index is 865. The van der Waals surface area contributed by atoms with Crippen molar-refractivity contribution in [2.75, 3.05) is 5.32 Å². The molecular weight excluding hydrogens is 388 g/mol. The van der Waals surface area contributed by atoms with Crippen LogP contribution in [-0.4, -0.2) is 5.11 Å². The van der Waals surface area contributed by atoms with Gasteiger partial charge in [0.15, 0.2) is 0 Å². The number of anilines is 1. The standard InChI is InChI=1S/C18H13Cl4NO/c19-8-4-12(18(24)14(22)6-8)17-11-3-1-2-10(11)16-13(21)5-9(20)7-15(16)23-17/h1-2,4-7,10-11,17,23-24H,3H2. The molecule has 2 aromatic rings. The zero-order valence-electron chi connectivity index (χ0n) is 12.4. The summed E-state index contributed by atoms with van der Waals surface area (Å²) in [5, 5.41) is 15.9. The maximum Gasteiger partial charge on any atom is 0.139 e. The summed E-state index contributed by atoms with van der Waals surface area (Å²) in [5.74, 6) is 0.436. The van der Waals surface area contributed by atoms with Crippen LogP contribution in [0.2, 0.25) is 20.1 Å². The van der Waals surface area contributed by atoms with Crippen LogP contribution in [0.15, 0.2) is 36.4 Å². The van der Waals surface area contributed by atoms with Crippen LogP contribution in [-0.2, 0) is 0 Å². The summed E-state index contributed by atoms with van der Waals surface area (Å²) in [4.78, 5) is 0. The third-order valence-electron chi connectivity index (χ3n) is 4.77. The number of hydrogen-bond acceptors (Lipinski definition) is 2. The van der Waals surface area contributed by atoms with Gasteiger partial charge in [0, 0.05) is 37.8 Å². The molecule has 3 unspecified atom stereocenters. The SMILES string of the molecule is Oc1c(Cl)cc(Cl)cc1C1Nc2cc(Cl)cc(Cl)c2C2C=CCC21. The zero-order chi connectivity index (χ0) is 17.0. The molecule has 24 heavy (non-hydrogen) atoms. The van der Waals surface area contributed by atoms with E-state index >= 15 is 0 Å². The minimum Gasteiger partial charge on any atom is -0.506 e. The summed E-state index contributed by atoms with van der Waals surface area (Å²) >= 11 is 24.9. The number of hydrogen-bond donors (Lipinski definition) is 2. The second-order valence-corrected chi connectivity index (χ2v) is 7.84. The van der Waals surface area contributed by atoms with Crippen LogP contribution < -0.4 is 5.32 Å². The van der Waals surface area contributed by atoms with Gasteiger partial charge in [-0.05, 0) is 36.6 Å². The smallest absolute Gasteiger partial charge is 0.139 e. The van der Waals surface area contributed by atoms with Crippen molar-refractivity contribution in [2.24, 2.45) is 5.92 Å².